The molecule has 3 atom stereocenters. The first kappa shape index (κ1) is 22.7. The van der Waals surface area contributed by atoms with Crippen LogP contribution in [0, 0.1) is 17.8 Å². The van der Waals surface area contributed by atoms with Crippen LogP contribution in [0.25, 0.3) is 0 Å². The lowest BCUT2D eigenvalue weighted by Crippen LogP contribution is -2.48. The van der Waals surface area contributed by atoms with Gasteiger partial charge < -0.3 is 10.1 Å². The predicted molar refractivity (Wildman–Crippen MR) is 116 cm³/mol. The average Bonchev–Trinajstić information content (AvgIpc) is 2.97. The number of benzene rings is 1. The number of fused-ring (bicyclic) bond motifs is 1. The highest BCUT2D eigenvalue weighted by Gasteiger charge is 2.51. The Hall–Kier alpha value is -2.96. The Balaban J connectivity index is 1.76. The van der Waals surface area contributed by atoms with Gasteiger partial charge in [0.15, 0.2) is 0 Å². The van der Waals surface area contributed by atoms with E-state index in [-0.39, 0.29) is 35.7 Å². The van der Waals surface area contributed by atoms with E-state index in [2.05, 4.69) is 5.32 Å². The number of nitrogens with one attached hydrogen (secondary N) is 1. The summed E-state index contributed by atoms with van der Waals surface area (Å²) in [6.07, 6.45) is 5.09. The van der Waals surface area contributed by atoms with Crippen molar-refractivity contribution in [2.75, 3.05) is 5.32 Å². The summed E-state index contributed by atoms with van der Waals surface area (Å²) in [6.45, 7) is 7.45. The van der Waals surface area contributed by atoms with Crippen molar-refractivity contribution in [3.05, 3.63) is 42.0 Å². The Morgan fingerprint density at radius 2 is 1.55 bits per heavy atom. The number of hydrogen-bond acceptors (Lipinski definition) is 5. The van der Waals surface area contributed by atoms with E-state index in [1.165, 1.54) is 4.90 Å². The number of carbonyl (C=O) groups excluding carboxylic acids is 4. The maximum absolute atomic E-state index is 13.1. The number of likely N-dealkylation sites (tertiary alicyclic amines) is 1. The fourth-order valence-electron chi connectivity index (χ4n) is 4.11. The van der Waals surface area contributed by atoms with E-state index in [1.54, 1.807) is 38.1 Å². The highest BCUT2D eigenvalue weighted by atomic mass is 16.5. The smallest absolute Gasteiger partial charge is 0.338 e. The molecule has 31 heavy (non-hydrogen) atoms. The average molecular weight is 427 g/mol. The fraction of sp³-hybridized carbons (Fsp3) is 0.500. The van der Waals surface area contributed by atoms with Crippen molar-refractivity contribution in [1.82, 2.24) is 4.90 Å². The molecule has 1 fully saturated rings. The lowest BCUT2D eigenvalue weighted by Gasteiger charge is -2.27. The van der Waals surface area contributed by atoms with Gasteiger partial charge in [-0.05, 0) is 63.3 Å². The van der Waals surface area contributed by atoms with E-state index in [9.17, 15) is 19.2 Å². The third-order valence-corrected chi connectivity index (χ3v) is 5.58. The molecule has 1 aromatic carbocycles. The van der Waals surface area contributed by atoms with E-state index in [4.69, 9.17) is 4.74 Å². The summed E-state index contributed by atoms with van der Waals surface area (Å²) in [5.41, 5.74) is 0.866. The van der Waals surface area contributed by atoms with Gasteiger partial charge in [-0.15, -0.1) is 0 Å². The molecule has 1 aromatic rings. The van der Waals surface area contributed by atoms with Crippen molar-refractivity contribution in [1.29, 1.82) is 0 Å². The standard InChI is InChI=1S/C24H30N2O5/c1-14(2)13-20(26-22(28)18-7-5-6-8-19(18)23(26)29)21(27)25-17-11-9-16(10-12-17)24(30)31-15(3)4/h5-6,9-12,14-15,18-20H,7-8,13H2,1-4H3,(H,25,27). The molecule has 3 unspecified atom stereocenters. The minimum atomic E-state index is -0.865. The van der Waals surface area contributed by atoms with Gasteiger partial charge in [-0.1, -0.05) is 26.0 Å². The van der Waals surface area contributed by atoms with Gasteiger partial charge in [-0.3, -0.25) is 19.3 Å². The third kappa shape index (κ3) is 5.03. The molecular formula is C24H30N2O5. The molecular weight excluding hydrogens is 396 g/mol. The minimum absolute atomic E-state index is 0.116. The van der Waals surface area contributed by atoms with Crippen LogP contribution in [-0.2, 0) is 19.1 Å². The zero-order valence-corrected chi connectivity index (χ0v) is 18.5. The molecule has 1 heterocycles. The van der Waals surface area contributed by atoms with Crippen molar-refractivity contribution in [2.45, 2.75) is 59.1 Å². The van der Waals surface area contributed by atoms with E-state index in [0.29, 0.717) is 30.5 Å². The number of hydrogen-bond donors (Lipinski definition) is 1. The molecule has 0 bridgehead atoms. The number of allylic oxidation sites excluding steroid dienone is 2. The zero-order chi connectivity index (χ0) is 22.7. The molecule has 1 saturated heterocycles. The first-order chi connectivity index (χ1) is 14.7. The Labute approximate surface area is 182 Å². The third-order valence-electron chi connectivity index (χ3n) is 5.58. The molecule has 1 N–H and O–H groups in total. The molecule has 0 saturated carbocycles. The lowest BCUT2D eigenvalue weighted by atomic mass is 9.85. The summed E-state index contributed by atoms with van der Waals surface area (Å²) in [5.74, 6) is -1.98. The Morgan fingerprint density at radius 1 is 1.00 bits per heavy atom. The molecule has 1 aliphatic carbocycles. The number of carbonyl (C=O) groups is 4. The molecule has 0 radical (unpaired) electrons. The van der Waals surface area contributed by atoms with Crippen LogP contribution in [0.2, 0.25) is 0 Å². The van der Waals surface area contributed by atoms with Crippen molar-refractivity contribution in [2.24, 2.45) is 17.8 Å². The van der Waals surface area contributed by atoms with Crippen LogP contribution >= 0.6 is 0 Å². The summed E-state index contributed by atoms with van der Waals surface area (Å²) in [6, 6.07) is 5.50. The van der Waals surface area contributed by atoms with Gasteiger partial charge in [0.1, 0.15) is 6.04 Å². The number of anilines is 1. The first-order valence-electron chi connectivity index (χ1n) is 10.8. The number of imide groups is 1. The molecule has 7 nitrogen and oxygen atoms in total. The van der Waals surface area contributed by atoms with Crippen LogP contribution in [0.1, 0.15) is 57.3 Å². The maximum Gasteiger partial charge on any atom is 0.338 e. The summed E-state index contributed by atoms with van der Waals surface area (Å²) in [4.78, 5) is 52.3. The Bertz CT molecular complexity index is 862. The second-order valence-corrected chi connectivity index (χ2v) is 8.87. The molecule has 2 aliphatic rings. The maximum atomic E-state index is 13.1. The second-order valence-electron chi connectivity index (χ2n) is 8.87. The SMILES string of the molecule is CC(C)CC(C(=O)Nc1ccc(C(=O)OC(C)C)cc1)N1C(=O)C2CC=CCC2C1=O. The lowest BCUT2D eigenvalue weighted by molar-refractivity contribution is -0.147. The van der Waals surface area contributed by atoms with Crippen molar-refractivity contribution < 1.29 is 23.9 Å². The summed E-state index contributed by atoms with van der Waals surface area (Å²) in [5, 5.41) is 2.80. The molecule has 166 valence electrons. The Morgan fingerprint density at radius 3 is 2.03 bits per heavy atom. The fourth-order valence-corrected chi connectivity index (χ4v) is 4.11. The molecule has 0 spiro atoms. The largest absolute Gasteiger partial charge is 0.459 e. The minimum Gasteiger partial charge on any atom is -0.459 e. The van der Waals surface area contributed by atoms with Gasteiger partial charge in [0, 0.05) is 5.69 Å². The van der Waals surface area contributed by atoms with E-state index in [0.717, 1.165) is 0 Å². The van der Waals surface area contributed by atoms with Gasteiger partial charge in [0.05, 0.1) is 23.5 Å². The second kappa shape index (κ2) is 9.45. The van der Waals surface area contributed by atoms with E-state index in [1.807, 2.05) is 26.0 Å². The van der Waals surface area contributed by atoms with E-state index >= 15 is 0 Å². The van der Waals surface area contributed by atoms with Gasteiger partial charge in [-0.25, -0.2) is 4.79 Å². The van der Waals surface area contributed by atoms with Crippen LogP contribution < -0.4 is 5.32 Å². The van der Waals surface area contributed by atoms with Crippen LogP contribution in [0.15, 0.2) is 36.4 Å². The number of esters is 1. The van der Waals surface area contributed by atoms with Crippen molar-refractivity contribution in [3.8, 4) is 0 Å². The summed E-state index contributed by atoms with van der Waals surface area (Å²) >= 11 is 0. The summed E-state index contributed by atoms with van der Waals surface area (Å²) in [7, 11) is 0. The van der Waals surface area contributed by atoms with Crippen LogP contribution in [0.4, 0.5) is 5.69 Å². The van der Waals surface area contributed by atoms with Crippen LogP contribution in [0.5, 0.6) is 0 Å². The molecule has 3 rings (SSSR count). The van der Waals surface area contributed by atoms with Crippen molar-refractivity contribution in [3.63, 3.8) is 0 Å². The van der Waals surface area contributed by atoms with Gasteiger partial charge in [0.25, 0.3) is 0 Å². The highest BCUT2D eigenvalue weighted by molar-refractivity contribution is 6.10. The first-order valence-corrected chi connectivity index (χ1v) is 10.8. The van der Waals surface area contributed by atoms with Crippen LogP contribution in [0.3, 0.4) is 0 Å². The van der Waals surface area contributed by atoms with E-state index < -0.39 is 17.9 Å². The van der Waals surface area contributed by atoms with Gasteiger partial charge >= 0.3 is 5.97 Å². The van der Waals surface area contributed by atoms with Gasteiger partial charge in [-0.2, -0.15) is 0 Å². The monoisotopic (exact) mass is 426 g/mol. The highest BCUT2D eigenvalue weighted by Crippen LogP contribution is 2.37. The number of rotatable bonds is 7. The molecule has 0 aromatic heterocycles. The predicted octanol–water partition coefficient (Wildman–Crippen LogP) is 3.56. The zero-order valence-electron chi connectivity index (χ0n) is 18.5. The quantitative estimate of drug-likeness (QED) is 0.409. The van der Waals surface area contributed by atoms with Crippen LogP contribution in [-0.4, -0.2) is 40.7 Å². The normalized spacial score (nSPS) is 21.4. The summed E-state index contributed by atoms with van der Waals surface area (Å²) < 4.78 is 5.16. The van der Waals surface area contributed by atoms with Crippen molar-refractivity contribution >= 4 is 29.4 Å². The number of nitrogens with zero attached hydrogens (tertiary/aromatic N) is 1. The Kier molecular flexibility index (Phi) is 6.93. The molecule has 3 amide bonds. The number of ether oxygens (including phenoxy) is 1. The number of amides is 3. The molecule has 1 aliphatic heterocycles. The molecule has 7 heteroatoms. The topological polar surface area (TPSA) is 92.8 Å². The van der Waals surface area contributed by atoms with Gasteiger partial charge in [0.2, 0.25) is 17.7 Å².